The monoisotopic (exact) mass is 457 g/mol. The molecule has 0 bridgehead atoms. The molecule has 7 nitrogen and oxygen atoms in total. The largest absolute Gasteiger partial charge is 0.465 e. The predicted octanol–water partition coefficient (Wildman–Crippen LogP) is 5.03. The number of amides is 1. The molecule has 168 valence electrons. The fourth-order valence-electron chi connectivity index (χ4n) is 3.83. The van der Waals surface area contributed by atoms with E-state index < -0.39 is 23.0 Å². The van der Waals surface area contributed by atoms with E-state index in [1.54, 1.807) is 0 Å². The Hall–Kier alpha value is -2.75. The molecule has 0 saturated carbocycles. The molecule has 3 rings (SSSR count). The molecular weight excluding hydrogens is 435 g/mol. The van der Waals surface area contributed by atoms with Gasteiger partial charge in [0.05, 0.1) is 12.1 Å². The van der Waals surface area contributed by atoms with Gasteiger partial charge in [0.25, 0.3) is 0 Å². The van der Waals surface area contributed by atoms with E-state index in [9.17, 15) is 23.1 Å². The smallest absolute Gasteiger partial charge is 0.420 e. The predicted molar refractivity (Wildman–Crippen MR) is 112 cm³/mol. The number of hydrogen-bond acceptors (Lipinski definition) is 5. The highest BCUT2D eigenvalue weighted by atomic mass is 35.5. The van der Waals surface area contributed by atoms with Crippen LogP contribution < -0.4 is 10.2 Å². The van der Waals surface area contributed by atoms with Crippen molar-refractivity contribution in [3.8, 4) is 0 Å². The van der Waals surface area contributed by atoms with Gasteiger partial charge in [-0.25, -0.2) is 14.8 Å². The Morgan fingerprint density at radius 1 is 1.29 bits per heavy atom. The van der Waals surface area contributed by atoms with Gasteiger partial charge in [0, 0.05) is 30.7 Å². The molecular formula is C20H23ClF3N5O2. The molecule has 2 aromatic rings. The minimum Gasteiger partial charge on any atom is -0.465 e. The molecule has 0 aliphatic carbocycles. The van der Waals surface area contributed by atoms with Crippen molar-refractivity contribution in [1.29, 1.82) is 0 Å². The van der Waals surface area contributed by atoms with Crippen LogP contribution in [-0.2, 0) is 12.6 Å². The van der Waals surface area contributed by atoms with Crippen LogP contribution in [0.25, 0.3) is 0 Å². The van der Waals surface area contributed by atoms with Crippen molar-refractivity contribution in [3.05, 3.63) is 40.7 Å². The number of anilines is 3. The molecule has 1 aromatic carbocycles. The minimum atomic E-state index is -4.62. The van der Waals surface area contributed by atoms with Gasteiger partial charge in [-0.15, -0.1) is 0 Å². The third-order valence-electron chi connectivity index (χ3n) is 5.27. The number of aromatic nitrogens is 2. The lowest BCUT2D eigenvalue weighted by molar-refractivity contribution is -0.137. The Morgan fingerprint density at radius 2 is 1.94 bits per heavy atom. The average molecular weight is 458 g/mol. The lowest BCUT2D eigenvalue weighted by Crippen LogP contribution is -2.58. The van der Waals surface area contributed by atoms with Gasteiger partial charge in [-0.2, -0.15) is 13.2 Å². The van der Waals surface area contributed by atoms with E-state index in [0.29, 0.717) is 31.4 Å². The number of benzene rings is 1. The minimum absolute atomic E-state index is 0.0298. The molecule has 1 fully saturated rings. The van der Waals surface area contributed by atoms with Crippen LogP contribution in [-0.4, -0.2) is 51.2 Å². The second-order valence-electron chi connectivity index (χ2n) is 7.51. The number of hydrogen-bond donors (Lipinski definition) is 2. The van der Waals surface area contributed by atoms with Gasteiger partial charge in [0.1, 0.15) is 10.7 Å². The number of rotatable bonds is 4. The molecule has 1 aromatic heterocycles. The van der Waals surface area contributed by atoms with E-state index in [4.69, 9.17) is 11.6 Å². The van der Waals surface area contributed by atoms with Crippen LogP contribution in [0.15, 0.2) is 24.4 Å². The summed E-state index contributed by atoms with van der Waals surface area (Å²) in [5.41, 5.74) is 1.43. The van der Waals surface area contributed by atoms with E-state index in [1.807, 2.05) is 39.0 Å². The molecule has 2 atom stereocenters. The van der Waals surface area contributed by atoms with Gasteiger partial charge < -0.3 is 15.3 Å². The van der Waals surface area contributed by atoms with Crippen LogP contribution in [0.1, 0.15) is 31.9 Å². The van der Waals surface area contributed by atoms with Crippen LogP contribution in [0.4, 0.5) is 35.3 Å². The van der Waals surface area contributed by atoms with E-state index in [1.165, 1.54) is 4.90 Å². The lowest BCUT2D eigenvalue weighted by atomic mass is 10.0. The fraction of sp³-hybridized carbons (Fsp3) is 0.450. The molecule has 11 heteroatoms. The molecule has 2 heterocycles. The van der Waals surface area contributed by atoms with Gasteiger partial charge in [-0.3, -0.25) is 4.90 Å². The van der Waals surface area contributed by atoms with Gasteiger partial charge in [0.2, 0.25) is 5.95 Å². The number of carbonyl (C=O) groups is 1. The Bertz CT molecular complexity index is 960. The summed E-state index contributed by atoms with van der Waals surface area (Å²) in [6.45, 7) is 6.82. The maximum Gasteiger partial charge on any atom is 0.420 e. The summed E-state index contributed by atoms with van der Waals surface area (Å²) >= 11 is 5.68. The second-order valence-corrected chi connectivity index (χ2v) is 7.87. The summed E-state index contributed by atoms with van der Waals surface area (Å²) in [6.07, 6.45) is -4.23. The topological polar surface area (TPSA) is 81.6 Å². The third-order valence-corrected chi connectivity index (χ3v) is 5.56. The van der Waals surface area contributed by atoms with Crippen molar-refractivity contribution in [2.75, 3.05) is 23.3 Å². The van der Waals surface area contributed by atoms with Crippen LogP contribution in [0, 0.1) is 0 Å². The Balaban J connectivity index is 1.81. The van der Waals surface area contributed by atoms with E-state index >= 15 is 0 Å². The normalized spacial score (nSPS) is 19.5. The summed E-state index contributed by atoms with van der Waals surface area (Å²) in [5, 5.41) is 11.7. The zero-order valence-corrected chi connectivity index (χ0v) is 18.0. The molecule has 1 amide bonds. The standard InChI is InChI=1S/C20H23ClF3N5O2/c1-4-13-7-14(28-9-11(2)29(19(30)31)12(3)10-28)5-6-16(13)26-18-25-8-15(17(21)27-18)20(22,23)24/h5-8,11-12H,4,9-10H2,1-3H3,(H,30,31)(H,25,26,27)/t11-,12+. The highest BCUT2D eigenvalue weighted by Gasteiger charge is 2.35. The first kappa shape index (κ1) is 22.9. The van der Waals surface area contributed by atoms with Crippen LogP contribution in [0.2, 0.25) is 5.15 Å². The van der Waals surface area contributed by atoms with Gasteiger partial charge >= 0.3 is 12.3 Å². The first-order valence-corrected chi connectivity index (χ1v) is 10.1. The molecule has 0 unspecified atom stereocenters. The van der Waals surface area contributed by atoms with Crippen molar-refractivity contribution < 1.29 is 23.1 Å². The number of halogens is 4. The number of aryl methyl sites for hydroxylation is 1. The maximum atomic E-state index is 12.8. The van der Waals surface area contributed by atoms with E-state index in [2.05, 4.69) is 20.2 Å². The summed E-state index contributed by atoms with van der Waals surface area (Å²) in [4.78, 5) is 22.5. The average Bonchev–Trinajstić information content (AvgIpc) is 2.66. The lowest BCUT2D eigenvalue weighted by Gasteiger charge is -2.44. The molecule has 1 aliphatic rings. The molecule has 1 aliphatic heterocycles. The number of piperazine rings is 1. The fourth-order valence-corrected chi connectivity index (χ4v) is 4.07. The highest BCUT2D eigenvalue weighted by Crippen LogP contribution is 2.34. The first-order chi connectivity index (χ1) is 14.5. The van der Waals surface area contributed by atoms with Crippen LogP contribution in [0.5, 0.6) is 0 Å². The Morgan fingerprint density at radius 3 is 2.45 bits per heavy atom. The molecule has 1 saturated heterocycles. The maximum absolute atomic E-state index is 12.8. The van der Waals surface area contributed by atoms with Gasteiger partial charge in [0.15, 0.2) is 0 Å². The molecule has 0 radical (unpaired) electrons. The summed E-state index contributed by atoms with van der Waals surface area (Å²) in [7, 11) is 0. The Labute approximate surface area is 182 Å². The quantitative estimate of drug-likeness (QED) is 0.626. The van der Waals surface area contributed by atoms with Crippen molar-refractivity contribution in [1.82, 2.24) is 14.9 Å². The van der Waals surface area contributed by atoms with Crippen molar-refractivity contribution >= 4 is 35.0 Å². The van der Waals surface area contributed by atoms with Gasteiger partial charge in [-0.05, 0) is 44.0 Å². The van der Waals surface area contributed by atoms with Crippen molar-refractivity contribution in [2.45, 2.75) is 45.5 Å². The van der Waals surface area contributed by atoms with Crippen LogP contribution in [0.3, 0.4) is 0 Å². The molecule has 2 N–H and O–H groups in total. The van der Waals surface area contributed by atoms with Gasteiger partial charge in [-0.1, -0.05) is 18.5 Å². The molecule has 31 heavy (non-hydrogen) atoms. The SMILES string of the molecule is CCc1cc(N2C[C@@H](C)N(C(=O)O)[C@@H](C)C2)ccc1Nc1ncc(C(F)(F)F)c(Cl)n1. The number of nitrogens with one attached hydrogen (secondary N) is 1. The molecule has 0 spiro atoms. The van der Waals surface area contributed by atoms with E-state index in [-0.39, 0.29) is 18.0 Å². The summed E-state index contributed by atoms with van der Waals surface area (Å²) in [5.74, 6) is -0.0298. The first-order valence-electron chi connectivity index (χ1n) is 9.77. The van der Waals surface area contributed by atoms with Crippen LogP contribution >= 0.6 is 11.6 Å². The Kier molecular flexibility index (Phi) is 6.49. The number of alkyl halides is 3. The van der Waals surface area contributed by atoms with Crippen molar-refractivity contribution in [2.24, 2.45) is 0 Å². The van der Waals surface area contributed by atoms with E-state index in [0.717, 1.165) is 11.3 Å². The number of carboxylic acid groups (broad SMARTS) is 1. The number of nitrogens with zero attached hydrogens (tertiary/aromatic N) is 4. The summed E-state index contributed by atoms with van der Waals surface area (Å²) in [6, 6.07) is 5.34. The summed E-state index contributed by atoms with van der Waals surface area (Å²) < 4.78 is 38.5. The zero-order chi connectivity index (χ0) is 22.9. The second kappa shape index (κ2) is 8.78. The highest BCUT2D eigenvalue weighted by molar-refractivity contribution is 6.30. The zero-order valence-electron chi connectivity index (χ0n) is 17.2. The van der Waals surface area contributed by atoms with Crippen molar-refractivity contribution in [3.63, 3.8) is 0 Å². The third kappa shape index (κ3) is 4.95.